The summed E-state index contributed by atoms with van der Waals surface area (Å²) >= 11 is 0. The molecule has 5 rings (SSSR count). The third kappa shape index (κ3) is 4.59. The van der Waals surface area contributed by atoms with Crippen molar-refractivity contribution in [3.8, 4) is 11.8 Å². The molecule has 3 heterocycles. The Balaban J connectivity index is 1.55. The van der Waals surface area contributed by atoms with Crippen LogP contribution in [0.1, 0.15) is 59.3 Å². The van der Waals surface area contributed by atoms with Crippen molar-refractivity contribution in [2.24, 2.45) is 0 Å². The van der Waals surface area contributed by atoms with E-state index in [2.05, 4.69) is 16.3 Å². The number of nitriles is 1. The molecule has 1 amide bonds. The summed E-state index contributed by atoms with van der Waals surface area (Å²) in [6, 6.07) is 11.8. The molecule has 0 radical (unpaired) electrons. The van der Waals surface area contributed by atoms with Gasteiger partial charge in [-0.05, 0) is 81.6 Å². The number of ketones is 1. The Labute approximate surface area is 199 Å². The first-order chi connectivity index (χ1) is 16.5. The Morgan fingerprint density at radius 3 is 2.56 bits per heavy atom. The number of pyridine rings is 1. The topological polar surface area (TPSA) is 91.0 Å². The summed E-state index contributed by atoms with van der Waals surface area (Å²) in [5.74, 6) is 0.0711. The van der Waals surface area contributed by atoms with Gasteiger partial charge in [-0.3, -0.25) is 19.5 Å². The number of nitrogens with one attached hydrogen (secondary N) is 1. The van der Waals surface area contributed by atoms with Gasteiger partial charge < -0.3 is 9.88 Å². The van der Waals surface area contributed by atoms with Crippen LogP contribution in [-0.4, -0.2) is 51.8 Å². The Kier molecular flexibility index (Phi) is 6.16. The van der Waals surface area contributed by atoms with Gasteiger partial charge in [0, 0.05) is 23.6 Å². The van der Waals surface area contributed by atoms with Crippen molar-refractivity contribution in [3.63, 3.8) is 0 Å². The minimum absolute atomic E-state index is 0.00162. The number of hydrogen-bond acceptors (Lipinski definition) is 5. The van der Waals surface area contributed by atoms with Gasteiger partial charge in [0.2, 0.25) is 5.91 Å². The number of carbonyl (C=O) groups excluding carboxylic acids is 2. The fourth-order valence-electron chi connectivity index (χ4n) is 4.86. The minimum atomic E-state index is -0.00162. The van der Waals surface area contributed by atoms with Crippen LogP contribution in [0.2, 0.25) is 0 Å². The third-order valence-corrected chi connectivity index (χ3v) is 6.76. The van der Waals surface area contributed by atoms with Crippen LogP contribution in [0.5, 0.6) is 0 Å². The summed E-state index contributed by atoms with van der Waals surface area (Å²) in [6.07, 6.45) is 7.55. The molecule has 1 saturated carbocycles. The first-order valence-electron chi connectivity index (χ1n) is 12.1. The highest BCUT2D eigenvalue weighted by Gasteiger charge is 2.26. The fourth-order valence-corrected chi connectivity index (χ4v) is 4.86. The van der Waals surface area contributed by atoms with Crippen molar-refractivity contribution in [2.45, 2.75) is 51.5 Å². The molecule has 3 aromatic rings. The smallest absolute Gasteiger partial charge is 0.224 e. The number of amides is 1. The van der Waals surface area contributed by atoms with Crippen molar-refractivity contribution in [1.82, 2.24) is 19.8 Å². The van der Waals surface area contributed by atoms with Crippen LogP contribution in [0, 0.1) is 18.3 Å². The highest BCUT2D eigenvalue weighted by molar-refractivity contribution is 6.09. The lowest BCUT2D eigenvalue weighted by Crippen LogP contribution is -2.34. The predicted molar refractivity (Wildman–Crippen MR) is 130 cm³/mol. The van der Waals surface area contributed by atoms with Crippen LogP contribution in [0.15, 0.2) is 36.5 Å². The third-order valence-electron chi connectivity index (χ3n) is 6.76. The summed E-state index contributed by atoms with van der Waals surface area (Å²) < 4.78 is 2.02. The number of hydrogen-bond donors (Lipinski definition) is 1. The predicted octanol–water partition coefficient (Wildman–Crippen LogP) is 3.70. The highest BCUT2D eigenvalue weighted by atomic mass is 16.1. The molecule has 7 heteroatoms. The molecule has 1 aliphatic carbocycles. The molecule has 2 fully saturated rings. The number of Topliss-reactive ketones (excluding diaryl/α,β-unsaturated/α-hetero) is 1. The van der Waals surface area contributed by atoms with Gasteiger partial charge in [-0.25, -0.2) is 0 Å². The number of benzene rings is 1. The number of piperidine rings is 1. The molecule has 34 heavy (non-hydrogen) atoms. The van der Waals surface area contributed by atoms with Gasteiger partial charge in [-0.1, -0.05) is 6.42 Å². The van der Waals surface area contributed by atoms with E-state index >= 15 is 0 Å². The van der Waals surface area contributed by atoms with Gasteiger partial charge in [0.25, 0.3) is 0 Å². The van der Waals surface area contributed by atoms with Crippen LogP contribution in [0.3, 0.4) is 0 Å². The average Bonchev–Trinajstić information content (AvgIpc) is 3.60. The standard InChI is InChI=1S/C27H29N5O2/c1-18-26(24(33)17-31-11-3-2-4-12-31)27-23(32(18)22-9-5-19(15-28)6-10-22)13-20(16-29-27)14-25(34)30-21-7-8-21/h5-6,9-10,13,16,21H,2-4,7-8,11-12,14,17H2,1H3,(H,30,34). The van der Waals surface area contributed by atoms with E-state index in [9.17, 15) is 14.9 Å². The molecule has 1 saturated heterocycles. The van der Waals surface area contributed by atoms with Gasteiger partial charge in [-0.2, -0.15) is 5.26 Å². The lowest BCUT2D eigenvalue weighted by atomic mass is 10.1. The van der Waals surface area contributed by atoms with Gasteiger partial charge in [0.15, 0.2) is 5.78 Å². The second-order valence-electron chi connectivity index (χ2n) is 9.44. The van der Waals surface area contributed by atoms with Crippen LogP contribution in [0.4, 0.5) is 0 Å². The van der Waals surface area contributed by atoms with E-state index in [4.69, 9.17) is 4.98 Å². The number of rotatable bonds is 7. The van der Waals surface area contributed by atoms with Crippen molar-refractivity contribution in [3.05, 3.63) is 58.9 Å². The van der Waals surface area contributed by atoms with Crippen molar-refractivity contribution in [1.29, 1.82) is 5.26 Å². The maximum Gasteiger partial charge on any atom is 0.224 e. The number of nitrogens with zero attached hydrogens (tertiary/aromatic N) is 4. The van der Waals surface area contributed by atoms with Gasteiger partial charge in [0.1, 0.15) is 0 Å². The Morgan fingerprint density at radius 1 is 1.15 bits per heavy atom. The lowest BCUT2D eigenvalue weighted by Gasteiger charge is -2.25. The first-order valence-corrected chi connectivity index (χ1v) is 12.1. The van der Waals surface area contributed by atoms with Gasteiger partial charge in [0.05, 0.1) is 41.2 Å². The molecular formula is C27H29N5O2. The van der Waals surface area contributed by atoms with E-state index in [1.54, 1.807) is 18.3 Å². The molecule has 174 valence electrons. The molecule has 7 nitrogen and oxygen atoms in total. The zero-order valence-electron chi connectivity index (χ0n) is 19.5. The van der Waals surface area contributed by atoms with Crippen LogP contribution in [-0.2, 0) is 11.2 Å². The van der Waals surface area contributed by atoms with E-state index in [0.29, 0.717) is 29.2 Å². The zero-order chi connectivity index (χ0) is 23.7. The minimum Gasteiger partial charge on any atom is -0.353 e. The van der Waals surface area contributed by atoms with Crippen LogP contribution in [0.25, 0.3) is 16.7 Å². The molecule has 2 aromatic heterocycles. The maximum atomic E-state index is 13.5. The quantitative estimate of drug-likeness (QED) is 0.549. The zero-order valence-corrected chi connectivity index (χ0v) is 19.5. The maximum absolute atomic E-state index is 13.5. The summed E-state index contributed by atoms with van der Waals surface area (Å²) in [5, 5.41) is 12.2. The van der Waals surface area contributed by atoms with E-state index in [1.165, 1.54) is 6.42 Å². The van der Waals surface area contributed by atoms with Crippen molar-refractivity contribution in [2.75, 3.05) is 19.6 Å². The van der Waals surface area contributed by atoms with E-state index in [1.807, 2.05) is 29.7 Å². The summed E-state index contributed by atoms with van der Waals surface area (Å²) in [4.78, 5) is 32.8. The molecular weight excluding hydrogens is 426 g/mol. The van der Waals surface area contributed by atoms with E-state index in [0.717, 1.165) is 61.2 Å². The SMILES string of the molecule is Cc1c(C(=O)CN2CCCCC2)c2ncc(CC(=O)NC3CC3)cc2n1-c1ccc(C#N)cc1. The Hall–Kier alpha value is -3.50. The molecule has 2 aliphatic rings. The first kappa shape index (κ1) is 22.3. The van der Waals surface area contributed by atoms with Crippen molar-refractivity contribution >= 4 is 22.7 Å². The second-order valence-corrected chi connectivity index (χ2v) is 9.44. The number of aromatic nitrogens is 2. The van der Waals surface area contributed by atoms with Gasteiger partial charge in [-0.15, -0.1) is 0 Å². The van der Waals surface area contributed by atoms with Crippen LogP contribution < -0.4 is 5.32 Å². The number of fused-ring (bicyclic) bond motifs is 1. The number of likely N-dealkylation sites (tertiary alicyclic amines) is 1. The largest absolute Gasteiger partial charge is 0.353 e. The molecule has 0 atom stereocenters. The monoisotopic (exact) mass is 455 g/mol. The average molecular weight is 456 g/mol. The normalized spacial score (nSPS) is 16.4. The Morgan fingerprint density at radius 2 is 1.88 bits per heavy atom. The Bertz CT molecular complexity index is 1280. The molecule has 0 spiro atoms. The summed E-state index contributed by atoms with van der Waals surface area (Å²) in [5.41, 5.74) is 5.19. The molecule has 1 N–H and O–H groups in total. The van der Waals surface area contributed by atoms with E-state index in [-0.39, 0.29) is 18.1 Å². The highest BCUT2D eigenvalue weighted by Crippen LogP contribution is 2.30. The van der Waals surface area contributed by atoms with Gasteiger partial charge >= 0.3 is 0 Å². The van der Waals surface area contributed by atoms with E-state index < -0.39 is 0 Å². The molecule has 0 bridgehead atoms. The fraction of sp³-hybridized carbons (Fsp3) is 0.407. The summed E-state index contributed by atoms with van der Waals surface area (Å²) in [6.45, 7) is 4.24. The summed E-state index contributed by atoms with van der Waals surface area (Å²) in [7, 11) is 0. The van der Waals surface area contributed by atoms with Crippen molar-refractivity contribution < 1.29 is 9.59 Å². The second kappa shape index (κ2) is 9.40. The van der Waals surface area contributed by atoms with Crippen LogP contribution >= 0.6 is 0 Å². The molecule has 1 aromatic carbocycles. The molecule has 0 unspecified atom stereocenters. The molecule has 1 aliphatic heterocycles. The number of carbonyl (C=O) groups is 2. The lowest BCUT2D eigenvalue weighted by molar-refractivity contribution is -0.120.